The summed E-state index contributed by atoms with van der Waals surface area (Å²) in [5, 5.41) is 0. The maximum absolute atomic E-state index is 13.7. The van der Waals surface area contributed by atoms with Gasteiger partial charge in [-0.25, -0.2) is 4.79 Å². The van der Waals surface area contributed by atoms with Crippen LogP contribution in [0, 0.1) is 5.41 Å². The molecule has 4 rings (SSSR count). The second-order valence-corrected chi connectivity index (χ2v) is 18.4. The average molecular weight is 498 g/mol. The molecule has 0 aromatic heterocycles. The van der Waals surface area contributed by atoms with Gasteiger partial charge in [0, 0.05) is 17.8 Å². The number of carbonyl (C=O) groups is 1. The minimum atomic E-state index is -2.04. The van der Waals surface area contributed by atoms with Gasteiger partial charge < -0.3 is 9.16 Å². The second-order valence-electron chi connectivity index (χ2n) is 13.1. The molecule has 0 N–H and O–H groups in total. The first-order valence-electron chi connectivity index (χ1n) is 13.8. The minimum absolute atomic E-state index is 0.0777. The third-order valence-corrected chi connectivity index (χ3v) is 15.1. The molecule has 0 bridgehead atoms. The number of amides is 1. The van der Waals surface area contributed by atoms with Crippen molar-refractivity contribution in [1.82, 2.24) is 0 Å². The minimum Gasteiger partial charge on any atom is -0.546 e. The summed E-state index contributed by atoms with van der Waals surface area (Å²) in [5.74, 6) is 1.50. The van der Waals surface area contributed by atoms with Crippen LogP contribution in [0.3, 0.4) is 0 Å². The van der Waals surface area contributed by atoms with Crippen molar-refractivity contribution in [1.29, 1.82) is 0 Å². The Bertz CT molecular complexity index is 985. The van der Waals surface area contributed by atoms with Crippen molar-refractivity contribution in [2.45, 2.75) is 129 Å². The molecule has 1 aromatic rings. The van der Waals surface area contributed by atoms with Crippen molar-refractivity contribution in [3.05, 3.63) is 41.7 Å². The smallest absolute Gasteiger partial charge is 0.415 e. The number of fused-ring (bicyclic) bond motifs is 3. The summed E-state index contributed by atoms with van der Waals surface area (Å²) in [4.78, 5) is 15.7. The van der Waals surface area contributed by atoms with E-state index in [1.807, 2.05) is 31.7 Å². The lowest BCUT2D eigenvalue weighted by Gasteiger charge is -2.45. The Hall–Kier alpha value is -1.75. The molecule has 1 saturated carbocycles. The molecule has 0 unspecified atom stereocenters. The number of ether oxygens (including phenoxy) is 1. The van der Waals surface area contributed by atoms with Crippen molar-refractivity contribution in [3.63, 3.8) is 0 Å². The first-order valence-corrected chi connectivity index (χ1v) is 16.0. The van der Waals surface area contributed by atoms with Crippen molar-refractivity contribution >= 4 is 20.1 Å². The predicted molar refractivity (Wildman–Crippen MR) is 147 cm³/mol. The molecule has 1 amide bonds. The fourth-order valence-corrected chi connectivity index (χ4v) is 13.4. The Morgan fingerprint density at radius 3 is 2.23 bits per heavy atom. The van der Waals surface area contributed by atoms with Crippen LogP contribution in [0.25, 0.3) is 0 Å². The SMILES string of the molecule is CCC[C@]12C=C(O[Si](C(C)C)(C(C)C)C(C)C)CC[C@@]13[C@@H]2c1ccccc1N3C(=O)OC(C)(C)C. The van der Waals surface area contributed by atoms with E-state index in [9.17, 15) is 4.79 Å². The van der Waals surface area contributed by atoms with Crippen LogP contribution in [0.5, 0.6) is 0 Å². The van der Waals surface area contributed by atoms with Gasteiger partial charge in [0.1, 0.15) is 5.60 Å². The van der Waals surface area contributed by atoms with Crippen molar-refractivity contribution in [2.75, 3.05) is 4.90 Å². The molecule has 2 aliphatic carbocycles. The molecule has 1 aliphatic heterocycles. The number of hydrogen-bond donors (Lipinski definition) is 0. The average Bonchev–Trinajstić information content (AvgIpc) is 3.18. The molecule has 3 aliphatic rings. The third kappa shape index (κ3) is 3.70. The van der Waals surface area contributed by atoms with Gasteiger partial charge in [0.2, 0.25) is 0 Å². The molecular weight excluding hydrogens is 450 g/mol. The summed E-state index contributed by atoms with van der Waals surface area (Å²) in [6.45, 7) is 22.2. The van der Waals surface area contributed by atoms with Crippen LogP contribution in [-0.2, 0) is 9.16 Å². The van der Waals surface area contributed by atoms with Gasteiger partial charge in [0.25, 0.3) is 8.32 Å². The van der Waals surface area contributed by atoms with Crippen LogP contribution >= 0.6 is 0 Å². The van der Waals surface area contributed by atoms with Gasteiger partial charge >= 0.3 is 6.09 Å². The molecule has 3 atom stereocenters. The molecule has 4 nitrogen and oxygen atoms in total. The maximum Gasteiger partial charge on any atom is 0.415 e. The number of hydrogen-bond acceptors (Lipinski definition) is 3. The van der Waals surface area contributed by atoms with Gasteiger partial charge in [0.15, 0.2) is 0 Å². The van der Waals surface area contributed by atoms with E-state index in [0.29, 0.717) is 22.5 Å². The Balaban J connectivity index is 1.80. The van der Waals surface area contributed by atoms with E-state index in [2.05, 4.69) is 72.7 Å². The zero-order valence-corrected chi connectivity index (χ0v) is 24.7. The summed E-state index contributed by atoms with van der Waals surface area (Å²) in [6.07, 6.45) is 6.21. The highest BCUT2D eigenvalue weighted by Gasteiger charge is 2.83. The number of anilines is 1. The van der Waals surface area contributed by atoms with Gasteiger partial charge in [-0.3, -0.25) is 4.90 Å². The molecule has 35 heavy (non-hydrogen) atoms. The number of nitrogens with zero attached hydrogens (tertiary/aromatic N) is 1. The van der Waals surface area contributed by atoms with Crippen molar-refractivity contribution < 1.29 is 14.0 Å². The molecule has 5 heteroatoms. The number of para-hydroxylation sites is 1. The molecule has 1 spiro atoms. The molecule has 1 heterocycles. The molecule has 0 radical (unpaired) electrons. The van der Waals surface area contributed by atoms with E-state index in [4.69, 9.17) is 9.16 Å². The van der Waals surface area contributed by atoms with Gasteiger partial charge in [-0.05, 0) is 67.9 Å². The van der Waals surface area contributed by atoms with Crippen LogP contribution in [0.4, 0.5) is 10.5 Å². The predicted octanol–water partition coefficient (Wildman–Crippen LogP) is 8.93. The van der Waals surface area contributed by atoms with Crippen LogP contribution < -0.4 is 4.90 Å². The van der Waals surface area contributed by atoms with E-state index in [0.717, 1.165) is 31.4 Å². The Morgan fingerprint density at radius 1 is 1.09 bits per heavy atom. The van der Waals surface area contributed by atoms with E-state index in [1.54, 1.807) is 0 Å². The summed E-state index contributed by atoms with van der Waals surface area (Å²) in [6, 6.07) is 8.48. The van der Waals surface area contributed by atoms with E-state index in [1.165, 1.54) is 11.3 Å². The zero-order chi connectivity index (χ0) is 26.0. The van der Waals surface area contributed by atoms with Gasteiger partial charge in [-0.15, -0.1) is 0 Å². The fourth-order valence-electron chi connectivity index (χ4n) is 8.08. The zero-order valence-electron chi connectivity index (χ0n) is 23.7. The normalized spacial score (nSPS) is 27.5. The number of allylic oxidation sites excluding steroid dienone is 1. The fraction of sp³-hybridized carbons (Fsp3) is 0.700. The molecular formula is C30H47NO3Si. The maximum atomic E-state index is 13.7. The summed E-state index contributed by atoms with van der Waals surface area (Å²) in [7, 11) is -2.04. The van der Waals surface area contributed by atoms with Crippen LogP contribution in [0.15, 0.2) is 36.1 Å². The van der Waals surface area contributed by atoms with E-state index >= 15 is 0 Å². The molecule has 0 saturated heterocycles. The highest BCUT2D eigenvalue weighted by atomic mass is 28.4. The first kappa shape index (κ1) is 26.3. The van der Waals surface area contributed by atoms with Crippen molar-refractivity contribution in [2.24, 2.45) is 5.41 Å². The highest BCUT2D eigenvalue weighted by Crippen LogP contribution is 2.82. The van der Waals surface area contributed by atoms with Crippen LogP contribution in [0.1, 0.15) is 106 Å². The van der Waals surface area contributed by atoms with Crippen LogP contribution in [0.2, 0.25) is 16.6 Å². The Labute approximate surface area is 214 Å². The lowest BCUT2D eigenvalue weighted by molar-refractivity contribution is 0.0548. The molecule has 194 valence electrons. The molecule has 1 aromatic carbocycles. The van der Waals surface area contributed by atoms with Gasteiger partial charge in [-0.2, -0.15) is 0 Å². The highest BCUT2D eigenvalue weighted by molar-refractivity contribution is 6.77. The number of rotatable bonds is 7. The lowest BCUT2D eigenvalue weighted by atomic mass is 9.83. The Kier molecular flexibility index (Phi) is 6.52. The second kappa shape index (κ2) is 8.67. The third-order valence-electron chi connectivity index (χ3n) is 9.03. The van der Waals surface area contributed by atoms with Crippen molar-refractivity contribution in [3.8, 4) is 0 Å². The molecule has 1 fully saturated rings. The van der Waals surface area contributed by atoms with Crippen LogP contribution in [-0.4, -0.2) is 25.6 Å². The van der Waals surface area contributed by atoms with E-state index in [-0.39, 0.29) is 17.0 Å². The number of benzene rings is 1. The first-order chi connectivity index (χ1) is 16.3. The largest absolute Gasteiger partial charge is 0.546 e. The summed E-state index contributed by atoms with van der Waals surface area (Å²) in [5.41, 5.74) is 3.11. The van der Waals surface area contributed by atoms with Gasteiger partial charge in [-0.1, -0.05) is 73.1 Å². The van der Waals surface area contributed by atoms with Gasteiger partial charge in [0.05, 0.1) is 17.0 Å². The standard InChI is InChI=1S/C30H47NO3Si/c1-11-17-29-19-23(34-35(20(2)3,21(4)5)22(6)7)16-18-30(29)26(29)24-14-12-13-15-25(24)31(30)27(32)33-28(8,9)10/h12-15,19-22,26H,11,16-18H2,1-10H3/t26-,29-,30-/m1/s1. The number of carbonyl (C=O) groups excluding carboxylic acids is 1. The summed E-state index contributed by atoms with van der Waals surface area (Å²) < 4.78 is 13.2. The lowest BCUT2D eigenvalue weighted by Crippen LogP contribution is -2.50. The summed E-state index contributed by atoms with van der Waals surface area (Å²) >= 11 is 0. The monoisotopic (exact) mass is 497 g/mol. The Morgan fingerprint density at radius 2 is 1.69 bits per heavy atom. The van der Waals surface area contributed by atoms with E-state index < -0.39 is 13.9 Å². The quantitative estimate of drug-likeness (QED) is 0.353. The topological polar surface area (TPSA) is 38.8 Å².